The number of pyridine rings is 1. The molecule has 0 N–H and O–H groups in total. The molecular weight excluding hydrogens is 431 g/mol. The van der Waals surface area contributed by atoms with Gasteiger partial charge in [0.25, 0.3) is 0 Å². The van der Waals surface area contributed by atoms with E-state index in [2.05, 4.69) is 44.8 Å². The fourth-order valence-corrected chi connectivity index (χ4v) is 5.88. The molecule has 31 heavy (non-hydrogen) atoms. The molecular formula is C25H24Cl2N2O2. The maximum Gasteiger partial charge on any atom is 0.171 e. The summed E-state index contributed by atoms with van der Waals surface area (Å²) in [6, 6.07) is 10.7. The number of nitriles is 1. The maximum absolute atomic E-state index is 12.7. The van der Waals surface area contributed by atoms with Crippen LogP contribution in [0.25, 0.3) is 0 Å². The third-order valence-corrected chi connectivity index (χ3v) is 7.28. The highest BCUT2D eigenvalue weighted by molar-refractivity contribution is 6.31. The number of Topliss-reactive ketones (excluding diaryl/α,β-unsaturated/α-hetero) is 1. The Balaban J connectivity index is 1.50. The lowest BCUT2D eigenvalue weighted by atomic mass is 9.45. The third-order valence-electron chi connectivity index (χ3n) is 6.76. The molecule has 0 saturated heterocycles. The van der Waals surface area contributed by atoms with Gasteiger partial charge in [0.1, 0.15) is 23.1 Å². The average Bonchev–Trinajstić information content (AvgIpc) is 3.00. The second-order valence-corrected chi connectivity index (χ2v) is 10.4. The Hall–Kier alpha value is -2.35. The smallest absolute Gasteiger partial charge is 0.171 e. The van der Waals surface area contributed by atoms with E-state index in [0.717, 1.165) is 5.69 Å². The lowest BCUT2D eigenvalue weighted by molar-refractivity contribution is -0.177. The molecule has 0 aliphatic heterocycles. The molecule has 6 heteroatoms. The van der Waals surface area contributed by atoms with Crippen molar-refractivity contribution >= 4 is 29.0 Å². The summed E-state index contributed by atoms with van der Waals surface area (Å²) in [6.45, 7) is 8.71. The normalized spacial score (nSPS) is 25.7. The van der Waals surface area contributed by atoms with Crippen LogP contribution < -0.4 is 4.74 Å². The van der Waals surface area contributed by atoms with Crippen molar-refractivity contribution in [1.29, 1.82) is 5.26 Å². The van der Waals surface area contributed by atoms with E-state index in [1.807, 2.05) is 6.08 Å². The van der Waals surface area contributed by atoms with Crippen molar-refractivity contribution in [2.24, 2.45) is 22.7 Å². The van der Waals surface area contributed by atoms with Crippen molar-refractivity contribution in [1.82, 2.24) is 4.98 Å². The molecule has 1 atom stereocenters. The Labute approximate surface area is 192 Å². The fourth-order valence-electron chi connectivity index (χ4n) is 5.50. The van der Waals surface area contributed by atoms with Gasteiger partial charge in [-0.15, -0.1) is 0 Å². The summed E-state index contributed by atoms with van der Waals surface area (Å²) in [5.74, 6) is 0.782. The van der Waals surface area contributed by atoms with Crippen molar-refractivity contribution < 1.29 is 9.53 Å². The number of allylic oxidation sites excluding steroid dienone is 2. The van der Waals surface area contributed by atoms with E-state index in [1.54, 1.807) is 30.3 Å². The van der Waals surface area contributed by atoms with Crippen LogP contribution in [0, 0.1) is 34.0 Å². The van der Waals surface area contributed by atoms with Gasteiger partial charge in [0.2, 0.25) is 0 Å². The highest BCUT2D eigenvalue weighted by atomic mass is 35.5. The SMILES string of the molecule is CC1(C)C(/C=C/C2Cc3nc(Cl)ccc3C2=O)C(C)(C)C1Oc1ccc(C#N)c(Cl)c1. The fraction of sp³-hybridized carbons (Fsp3) is 0.400. The largest absolute Gasteiger partial charge is 0.489 e. The van der Waals surface area contributed by atoms with E-state index >= 15 is 0 Å². The van der Waals surface area contributed by atoms with E-state index in [4.69, 9.17) is 33.2 Å². The molecule has 1 heterocycles. The van der Waals surface area contributed by atoms with Crippen LogP contribution in [0.5, 0.6) is 5.75 Å². The van der Waals surface area contributed by atoms with E-state index in [1.165, 1.54) is 0 Å². The molecule has 160 valence electrons. The zero-order chi connectivity index (χ0) is 22.6. The third kappa shape index (κ3) is 3.64. The Morgan fingerprint density at radius 1 is 1.13 bits per heavy atom. The first kappa shape index (κ1) is 21.9. The summed E-state index contributed by atoms with van der Waals surface area (Å²) < 4.78 is 6.33. The van der Waals surface area contributed by atoms with Gasteiger partial charge in [0, 0.05) is 34.8 Å². The molecule has 2 aliphatic rings. The van der Waals surface area contributed by atoms with Gasteiger partial charge in [0.15, 0.2) is 5.78 Å². The molecule has 1 unspecified atom stereocenters. The van der Waals surface area contributed by atoms with Gasteiger partial charge < -0.3 is 4.74 Å². The van der Waals surface area contributed by atoms with Crippen molar-refractivity contribution in [2.75, 3.05) is 0 Å². The molecule has 4 nitrogen and oxygen atoms in total. The standard InChI is InChI=1S/C25H24Cl2N2O2/c1-24(2)20(9-6-14-11-19-17(22(14)30)8-10-21(27)29-19)25(3,4)23(24)31-16-7-5-15(13-28)18(26)12-16/h5-10,12,14,20,23H,11H2,1-4H3/b9-6+. The summed E-state index contributed by atoms with van der Waals surface area (Å²) in [6.07, 6.45) is 4.74. The number of carbonyl (C=O) groups excluding carboxylic acids is 1. The monoisotopic (exact) mass is 454 g/mol. The molecule has 0 bridgehead atoms. The predicted molar refractivity (Wildman–Crippen MR) is 122 cm³/mol. The van der Waals surface area contributed by atoms with Crippen molar-refractivity contribution in [3.63, 3.8) is 0 Å². The second kappa shape index (κ2) is 7.65. The number of rotatable bonds is 4. The first-order valence-corrected chi connectivity index (χ1v) is 11.1. The maximum atomic E-state index is 12.7. The van der Waals surface area contributed by atoms with Gasteiger partial charge >= 0.3 is 0 Å². The van der Waals surface area contributed by atoms with Gasteiger partial charge in [0.05, 0.1) is 16.3 Å². The number of benzene rings is 1. The summed E-state index contributed by atoms with van der Waals surface area (Å²) in [7, 11) is 0. The number of ether oxygens (including phenoxy) is 1. The lowest BCUT2D eigenvalue weighted by Gasteiger charge is -2.62. The minimum atomic E-state index is -0.204. The van der Waals surface area contributed by atoms with E-state index in [-0.39, 0.29) is 34.6 Å². The van der Waals surface area contributed by atoms with Gasteiger partial charge in [-0.25, -0.2) is 4.98 Å². The molecule has 1 saturated carbocycles. The summed E-state index contributed by atoms with van der Waals surface area (Å²) in [5, 5.41) is 9.88. The number of aromatic nitrogens is 1. The van der Waals surface area contributed by atoms with Crippen LogP contribution in [0.15, 0.2) is 42.5 Å². The van der Waals surface area contributed by atoms with Crippen molar-refractivity contribution in [3.8, 4) is 11.8 Å². The number of ketones is 1. The minimum absolute atomic E-state index is 0.0457. The zero-order valence-corrected chi connectivity index (χ0v) is 19.5. The van der Waals surface area contributed by atoms with E-state index in [0.29, 0.717) is 33.5 Å². The van der Waals surface area contributed by atoms with Crippen LogP contribution in [-0.4, -0.2) is 16.9 Å². The van der Waals surface area contributed by atoms with Crippen LogP contribution in [0.3, 0.4) is 0 Å². The lowest BCUT2D eigenvalue weighted by Crippen LogP contribution is -2.65. The van der Waals surface area contributed by atoms with E-state index in [9.17, 15) is 4.79 Å². The first-order valence-electron chi connectivity index (χ1n) is 10.3. The molecule has 2 aromatic rings. The van der Waals surface area contributed by atoms with Crippen molar-refractivity contribution in [3.05, 3.63) is 69.5 Å². The van der Waals surface area contributed by atoms with Crippen LogP contribution >= 0.6 is 23.2 Å². The first-order chi connectivity index (χ1) is 14.6. The second-order valence-electron chi connectivity index (χ2n) is 9.56. The van der Waals surface area contributed by atoms with Gasteiger partial charge in [-0.05, 0) is 30.2 Å². The van der Waals surface area contributed by atoms with E-state index < -0.39 is 0 Å². The molecule has 1 fully saturated rings. The van der Waals surface area contributed by atoms with Crippen LogP contribution in [0.1, 0.15) is 49.3 Å². The number of hydrogen-bond acceptors (Lipinski definition) is 4. The Morgan fingerprint density at radius 3 is 2.48 bits per heavy atom. The van der Waals surface area contributed by atoms with Gasteiger partial charge in [-0.1, -0.05) is 63.0 Å². The number of halogens is 2. The number of fused-ring (bicyclic) bond motifs is 1. The molecule has 4 rings (SSSR count). The molecule has 0 spiro atoms. The van der Waals surface area contributed by atoms with Crippen molar-refractivity contribution in [2.45, 2.75) is 40.2 Å². The number of hydrogen-bond donors (Lipinski definition) is 0. The topological polar surface area (TPSA) is 63.0 Å². The minimum Gasteiger partial charge on any atom is -0.489 e. The highest BCUT2D eigenvalue weighted by Crippen LogP contribution is 2.61. The molecule has 0 amide bonds. The molecule has 0 radical (unpaired) electrons. The van der Waals surface area contributed by atoms with Gasteiger partial charge in [-0.3, -0.25) is 4.79 Å². The Kier molecular flexibility index (Phi) is 5.40. The van der Waals surface area contributed by atoms with Crippen LogP contribution in [0.4, 0.5) is 0 Å². The number of carbonyl (C=O) groups is 1. The van der Waals surface area contributed by atoms with Crippen LogP contribution in [0.2, 0.25) is 10.2 Å². The van der Waals surface area contributed by atoms with Gasteiger partial charge in [-0.2, -0.15) is 5.26 Å². The Bertz CT molecular complexity index is 1110. The summed E-state index contributed by atoms with van der Waals surface area (Å²) in [4.78, 5) is 17.1. The summed E-state index contributed by atoms with van der Waals surface area (Å²) in [5.41, 5.74) is 1.59. The quantitative estimate of drug-likeness (QED) is 0.401. The summed E-state index contributed by atoms with van der Waals surface area (Å²) >= 11 is 12.2. The predicted octanol–water partition coefficient (Wildman–Crippen LogP) is 6.30. The molecule has 1 aromatic heterocycles. The van der Waals surface area contributed by atoms with Crippen LogP contribution in [-0.2, 0) is 6.42 Å². The Morgan fingerprint density at radius 2 is 1.84 bits per heavy atom. The zero-order valence-electron chi connectivity index (χ0n) is 17.9. The average molecular weight is 455 g/mol. The molecule has 1 aromatic carbocycles. The highest BCUT2D eigenvalue weighted by Gasteiger charge is 2.62. The molecule has 2 aliphatic carbocycles. The number of nitrogens with zero attached hydrogens (tertiary/aromatic N) is 2.